The number of rotatable bonds is 3. The molecule has 1 aromatic carbocycles. The summed E-state index contributed by atoms with van der Waals surface area (Å²) in [7, 11) is 0. The summed E-state index contributed by atoms with van der Waals surface area (Å²) in [5, 5.41) is 3.05. The Balaban J connectivity index is 1.50. The SMILES string of the molecule is Cc1ccc2cc3c(nc2c1)sc1c(SCC(=O)N2CCCCC2)ncnc13. The minimum atomic E-state index is 0.205. The first-order valence-electron chi connectivity index (χ1n) is 9.54. The van der Waals surface area contributed by atoms with Crippen LogP contribution in [0.5, 0.6) is 0 Å². The lowest BCUT2D eigenvalue weighted by Crippen LogP contribution is -2.36. The number of benzene rings is 1. The zero-order valence-corrected chi connectivity index (χ0v) is 17.3. The maximum Gasteiger partial charge on any atom is 0.232 e. The number of nitrogens with zero attached hydrogens (tertiary/aromatic N) is 4. The molecule has 7 heteroatoms. The number of hydrogen-bond donors (Lipinski definition) is 0. The highest BCUT2D eigenvalue weighted by Gasteiger charge is 2.19. The summed E-state index contributed by atoms with van der Waals surface area (Å²) >= 11 is 3.13. The molecular formula is C21H20N4OS2. The predicted octanol–water partition coefficient (Wildman–Crippen LogP) is 4.81. The summed E-state index contributed by atoms with van der Waals surface area (Å²) in [6, 6.07) is 8.48. The number of carbonyl (C=O) groups is 1. The van der Waals surface area contributed by atoms with Crippen LogP contribution in [-0.4, -0.2) is 44.6 Å². The number of thiophene rings is 1. The smallest absolute Gasteiger partial charge is 0.232 e. The highest BCUT2D eigenvalue weighted by molar-refractivity contribution is 8.00. The molecule has 0 atom stereocenters. The van der Waals surface area contributed by atoms with Crippen molar-refractivity contribution in [2.75, 3.05) is 18.8 Å². The molecule has 1 amide bonds. The van der Waals surface area contributed by atoms with E-state index in [2.05, 4.69) is 41.2 Å². The van der Waals surface area contributed by atoms with Gasteiger partial charge in [0, 0.05) is 23.9 Å². The van der Waals surface area contributed by atoms with E-state index in [4.69, 9.17) is 4.98 Å². The van der Waals surface area contributed by atoms with Crippen molar-refractivity contribution >= 4 is 60.3 Å². The zero-order valence-electron chi connectivity index (χ0n) is 15.6. The molecule has 1 aliphatic heterocycles. The zero-order chi connectivity index (χ0) is 19.1. The first-order chi connectivity index (χ1) is 13.7. The molecule has 0 bridgehead atoms. The van der Waals surface area contributed by atoms with Crippen LogP contribution in [0.15, 0.2) is 35.6 Å². The largest absolute Gasteiger partial charge is 0.342 e. The summed E-state index contributed by atoms with van der Waals surface area (Å²) in [5.74, 6) is 0.631. The van der Waals surface area contributed by atoms with Gasteiger partial charge < -0.3 is 4.90 Å². The van der Waals surface area contributed by atoms with E-state index >= 15 is 0 Å². The second-order valence-electron chi connectivity index (χ2n) is 7.23. The van der Waals surface area contributed by atoms with E-state index in [-0.39, 0.29) is 5.91 Å². The molecule has 1 aliphatic rings. The van der Waals surface area contributed by atoms with Crippen LogP contribution in [0.1, 0.15) is 24.8 Å². The first-order valence-corrected chi connectivity index (χ1v) is 11.3. The average Bonchev–Trinajstić information content (AvgIpc) is 3.09. The molecule has 1 saturated heterocycles. The third-order valence-corrected chi connectivity index (χ3v) is 7.40. The third-order valence-electron chi connectivity index (χ3n) is 5.20. The van der Waals surface area contributed by atoms with Crippen molar-refractivity contribution in [2.45, 2.75) is 31.2 Å². The first kappa shape index (κ1) is 17.8. The Bertz CT molecular complexity index is 1200. The van der Waals surface area contributed by atoms with E-state index in [0.717, 1.165) is 62.3 Å². The summed E-state index contributed by atoms with van der Waals surface area (Å²) in [4.78, 5) is 29.3. The van der Waals surface area contributed by atoms with Gasteiger partial charge in [0.2, 0.25) is 5.91 Å². The predicted molar refractivity (Wildman–Crippen MR) is 116 cm³/mol. The van der Waals surface area contributed by atoms with E-state index in [0.29, 0.717) is 5.75 Å². The normalized spacial score (nSPS) is 15.0. The second-order valence-corrected chi connectivity index (χ2v) is 9.19. The molecule has 1 fully saturated rings. The van der Waals surface area contributed by atoms with Crippen LogP contribution in [0, 0.1) is 6.92 Å². The van der Waals surface area contributed by atoms with Crippen LogP contribution in [-0.2, 0) is 4.79 Å². The number of carbonyl (C=O) groups excluding carboxylic acids is 1. The van der Waals surface area contributed by atoms with Gasteiger partial charge >= 0.3 is 0 Å². The standard InChI is InChI=1S/C21H20N4OS2/c1-13-5-6-14-10-15-18-19(28-20(15)24-16(14)9-13)21(23-12-22-18)27-11-17(26)25-7-3-2-4-8-25/h5-6,9-10,12H,2-4,7-8,11H2,1H3. The van der Waals surface area contributed by atoms with Crippen molar-refractivity contribution in [2.24, 2.45) is 0 Å². The van der Waals surface area contributed by atoms with Crippen molar-refractivity contribution in [1.82, 2.24) is 19.9 Å². The van der Waals surface area contributed by atoms with Crippen molar-refractivity contribution in [3.05, 3.63) is 36.2 Å². The third kappa shape index (κ3) is 3.22. The molecule has 28 heavy (non-hydrogen) atoms. The van der Waals surface area contributed by atoms with Gasteiger partial charge in [0.05, 0.1) is 21.5 Å². The number of amides is 1. The molecule has 5 nitrogen and oxygen atoms in total. The summed E-state index contributed by atoms with van der Waals surface area (Å²) in [6.45, 7) is 3.85. The highest BCUT2D eigenvalue weighted by Crippen LogP contribution is 2.37. The summed E-state index contributed by atoms with van der Waals surface area (Å²) in [5.41, 5.74) is 3.13. The Morgan fingerprint density at radius 1 is 1.18 bits per heavy atom. The monoisotopic (exact) mass is 408 g/mol. The van der Waals surface area contributed by atoms with Gasteiger partial charge in [-0.3, -0.25) is 4.79 Å². The average molecular weight is 409 g/mol. The molecule has 3 aromatic heterocycles. The van der Waals surface area contributed by atoms with Gasteiger partial charge in [-0.15, -0.1) is 11.3 Å². The van der Waals surface area contributed by atoms with E-state index in [1.807, 2.05) is 4.90 Å². The minimum Gasteiger partial charge on any atom is -0.342 e. The fraction of sp³-hybridized carbons (Fsp3) is 0.333. The van der Waals surface area contributed by atoms with Gasteiger partial charge in [-0.1, -0.05) is 23.9 Å². The topological polar surface area (TPSA) is 59.0 Å². The molecule has 142 valence electrons. The van der Waals surface area contributed by atoms with E-state index in [1.165, 1.54) is 23.7 Å². The fourth-order valence-corrected chi connectivity index (χ4v) is 5.81. The van der Waals surface area contributed by atoms with Gasteiger partial charge in [0.25, 0.3) is 0 Å². The van der Waals surface area contributed by atoms with Crippen molar-refractivity contribution in [3.63, 3.8) is 0 Å². The van der Waals surface area contributed by atoms with Crippen LogP contribution in [0.3, 0.4) is 0 Å². The Hall–Kier alpha value is -2.25. The van der Waals surface area contributed by atoms with Gasteiger partial charge in [-0.2, -0.15) is 0 Å². The molecule has 0 radical (unpaired) electrons. The number of hydrogen-bond acceptors (Lipinski definition) is 6. The number of piperidine rings is 1. The van der Waals surface area contributed by atoms with Crippen molar-refractivity contribution in [1.29, 1.82) is 0 Å². The lowest BCUT2D eigenvalue weighted by atomic mass is 10.1. The number of aryl methyl sites for hydroxylation is 1. The molecular weight excluding hydrogens is 388 g/mol. The Morgan fingerprint density at radius 3 is 2.89 bits per heavy atom. The van der Waals surface area contributed by atoms with Gasteiger partial charge in [-0.05, 0) is 43.9 Å². The van der Waals surface area contributed by atoms with Gasteiger partial charge in [0.15, 0.2) is 0 Å². The summed E-state index contributed by atoms with van der Waals surface area (Å²) in [6.07, 6.45) is 5.06. The number of fused-ring (bicyclic) bond motifs is 4. The molecule has 4 aromatic rings. The Labute approximate surface area is 171 Å². The quantitative estimate of drug-likeness (QED) is 0.360. The lowest BCUT2D eigenvalue weighted by molar-refractivity contribution is -0.129. The number of thioether (sulfide) groups is 1. The maximum absolute atomic E-state index is 12.5. The number of pyridine rings is 1. The minimum absolute atomic E-state index is 0.205. The van der Waals surface area contributed by atoms with E-state index < -0.39 is 0 Å². The Morgan fingerprint density at radius 2 is 2.04 bits per heavy atom. The molecule has 0 unspecified atom stereocenters. The maximum atomic E-state index is 12.5. The molecule has 5 rings (SSSR count). The number of aromatic nitrogens is 3. The van der Waals surface area contributed by atoms with Crippen LogP contribution >= 0.6 is 23.1 Å². The van der Waals surface area contributed by atoms with Crippen molar-refractivity contribution < 1.29 is 4.79 Å². The van der Waals surface area contributed by atoms with Crippen LogP contribution in [0.25, 0.3) is 31.3 Å². The van der Waals surface area contributed by atoms with Crippen molar-refractivity contribution in [3.8, 4) is 0 Å². The highest BCUT2D eigenvalue weighted by atomic mass is 32.2. The molecule has 4 heterocycles. The van der Waals surface area contributed by atoms with E-state index in [1.54, 1.807) is 17.7 Å². The van der Waals surface area contributed by atoms with Crippen LogP contribution < -0.4 is 0 Å². The van der Waals surface area contributed by atoms with Crippen LogP contribution in [0.4, 0.5) is 0 Å². The molecule has 0 aliphatic carbocycles. The number of likely N-dealkylation sites (tertiary alicyclic amines) is 1. The molecule has 0 spiro atoms. The fourth-order valence-electron chi connectivity index (χ4n) is 3.71. The Kier molecular flexibility index (Phi) is 4.64. The second kappa shape index (κ2) is 7.29. The van der Waals surface area contributed by atoms with Gasteiger partial charge in [-0.25, -0.2) is 15.0 Å². The van der Waals surface area contributed by atoms with Gasteiger partial charge in [0.1, 0.15) is 16.2 Å². The van der Waals surface area contributed by atoms with E-state index in [9.17, 15) is 4.79 Å². The summed E-state index contributed by atoms with van der Waals surface area (Å²) < 4.78 is 1.02. The molecule has 0 saturated carbocycles. The molecule has 0 N–H and O–H groups in total. The lowest BCUT2D eigenvalue weighted by Gasteiger charge is -2.26. The van der Waals surface area contributed by atoms with Crippen LogP contribution in [0.2, 0.25) is 0 Å².